The molecule has 8 heteroatoms. The van der Waals surface area contributed by atoms with E-state index in [4.69, 9.17) is 5.11 Å². The second-order valence-electron chi connectivity index (χ2n) is 3.64. The lowest BCUT2D eigenvalue weighted by molar-refractivity contribution is 0.0690. The molecule has 0 unspecified atom stereocenters. The Hall–Kier alpha value is -2.38. The van der Waals surface area contributed by atoms with E-state index in [0.29, 0.717) is 13.1 Å². The van der Waals surface area contributed by atoms with Crippen LogP contribution in [0.4, 0.5) is 5.95 Å². The van der Waals surface area contributed by atoms with E-state index in [9.17, 15) is 4.79 Å². The Morgan fingerprint density at radius 1 is 1.56 bits per heavy atom. The number of aryl methyl sites for hydroxylation is 1. The molecule has 0 saturated carbocycles. The quantitative estimate of drug-likeness (QED) is 0.765. The van der Waals surface area contributed by atoms with Crippen molar-refractivity contribution in [2.45, 2.75) is 20.0 Å². The van der Waals surface area contributed by atoms with E-state index in [-0.39, 0.29) is 5.69 Å². The van der Waals surface area contributed by atoms with Crippen molar-refractivity contribution in [3.05, 3.63) is 24.3 Å². The Labute approximate surface area is 103 Å². The van der Waals surface area contributed by atoms with E-state index < -0.39 is 5.97 Å². The Morgan fingerprint density at radius 3 is 3.06 bits per heavy atom. The second kappa shape index (κ2) is 5.30. The minimum absolute atomic E-state index is 0.0509. The summed E-state index contributed by atoms with van der Waals surface area (Å²) in [6, 6.07) is 0. The van der Waals surface area contributed by atoms with Crippen LogP contribution in [0.2, 0.25) is 0 Å². The molecule has 8 nitrogen and oxygen atoms in total. The molecule has 0 saturated heterocycles. The first-order valence-electron chi connectivity index (χ1n) is 5.59. The van der Waals surface area contributed by atoms with Crippen LogP contribution in [0.5, 0.6) is 0 Å². The smallest absolute Gasteiger partial charge is 0.358 e. The number of hydrogen-bond acceptors (Lipinski definition) is 5. The van der Waals surface area contributed by atoms with Crippen molar-refractivity contribution in [3.63, 3.8) is 0 Å². The van der Waals surface area contributed by atoms with Crippen molar-refractivity contribution < 1.29 is 9.90 Å². The van der Waals surface area contributed by atoms with Gasteiger partial charge in [0, 0.05) is 25.5 Å². The molecule has 18 heavy (non-hydrogen) atoms. The Balaban J connectivity index is 1.86. The summed E-state index contributed by atoms with van der Waals surface area (Å²) in [5.41, 5.74) is -0.0509. The molecule has 2 N–H and O–H groups in total. The third-order valence-corrected chi connectivity index (χ3v) is 2.44. The zero-order chi connectivity index (χ0) is 13.0. The standard InChI is InChI=1S/C10H14N6O2/c1-2-15-5-3-11-10(15)12-4-6-16-7-8(9(17)18)13-14-16/h3,5,7H,2,4,6H2,1H3,(H,11,12)(H,17,18). The first kappa shape index (κ1) is 12.1. The predicted octanol–water partition coefficient (Wildman–Crippen LogP) is 0.305. The van der Waals surface area contributed by atoms with Gasteiger partial charge in [-0.1, -0.05) is 5.21 Å². The summed E-state index contributed by atoms with van der Waals surface area (Å²) in [5, 5.41) is 19.1. The molecule has 0 aliphatic rings. The Kier molecular flexibility index (Phi) is 3.56. The van der Waals surface area contributed by atoms with E-state index in [1.54, 1.807) is 6.20 Å². The number of nitrogens with one attached hydrogen (secondary N) is 1. The molecule has 0 atom stereocenters. The van der Waals surface area contributed by atoms with Crippen LogP contribution in [0.1, 0.15) is 17.4 Å². The van der Waals surface area contributed by atoms with Crippen LogP contribution in [0, 0.1) is 0 Å². The fourth-order valence-electron chi connectivity index (χ4n) is 1.52. The lowest BCUT2D eigenvalue weighted by Crippen LogP contribution is -2.14. The zero-order valence-corrected chi connectivity index (χ0v) is 9.94. The Bertz CT molecular complexity index is 532. The number of aromatic nitrogens is 5. The van der Waals surface area contributed by atoms with Gasteiger partial charge in [0.2, 0.25) is 5.95 Å². The van der Waals surface area contributed by atoms with Crippen LogP contribution in [-0.4, -0.2) is 42.2 Å². The third-order valence-electron chi connectivity index (χ3n) is 2.44. The van der Waals surface area contributed by atoms with Crippen molar-refractivity contribution in [3.8, 4) is 0 Å². The van der Waals surface area contributed by atoms with Crippen molar-refractivity contribution in [1.82, 2.24) is 24.5 Å². The van der Waals surface area contributed by atoms with E-state index >= 15 is 0 Å². The minimum Gasteiger partial charge on any atom is -0.476 e. The van der Waals surface area contributed by atoms with Gasteiger partial charge in [-0.3, -0.25) is 0 Å². The number of aromatic carboxylic acids is 1. The average molecular weight is 250 g/mol. The van der Waals surface area contributed by atoms with Gasteiger partial charge in [-0.2, -0.15) is 0 Å². The number of hydrogen-bond donors (Lipinski definition) is 2. The molecule has 2 aromatic rings. The van der Waals surface area contributed by atoms with Crippen LogP contribution >= 0.6 is 0 Å². The molecule has 0 bridgehead atoms. The molecule has 0 aliphatic carbocycles. The molecule has 0 radical (unpaired) electrons. The summed E-state index contributed by atoms with van der Waals surface area (Å²) in [5.74, 6) is -0.285. The molecule has 2 rings (SSSR count). The highest BCUT2D eigenvalue weighted by atomic mass is 16.4. The van der Waals surface area contributed by atoms with Crippen molar-refractivity contribution >= 4 is 11.9 Å². The predicted molar refractivity (Wildman–Crippen MR) is 63.4 cm³/mol. The van der Waals surface area contributed by atoms with E-state index in [2.05, 4.69) is 20.6 Å². The molecule has 0 aliphatic heterocycles. The van der Waals surface area contributed by atoms with Gasteiger partial charge in [0.1, 0.15) is 0 Å². The molecular weight excluding hydrogens is 236 g/mol. The molecule has 0 aromatic carbocycles. The van der Waals surface area contributed by atoms with E-state index in [0.717, 1.165) is 12.5 Å². The normalized spacial score (nSPS) is 10.5. The van der Waals surface area contributed by atoms with Gasteiger partial charge in [0.25, 0.3) is 0 Å². The van der Waals surface area contributed by atoms with Gasteiger partial charge in [-0.15, -0.1) is 5.10 Å². The fraction of sp³-hybridized carbons (Fsp3) is 0.400. The first-order chi connectivity index (χ1) is 8.70. The molecule has 0 spiro atoms. The fourth-order valence-corrected chi connectivity index (χ4v) is 1.52. The summed E-state index contributed by atoms with van der Waals surface area (Å²) >= 11 is 0. The summed E-state index contributed by atoms with van der Waals surface area (Å²) < 4.78 is 3.46. The first-order valence-corrected chi connectivity index (χ1v) is 5.59. The maximum Gasteiger partial charge on any atom is 0.358 e. The Morgan fingerprint density at radius 2 is 2.39 bits per heavy atom. The average Bonchev–Trinajstić information content (AvgIpc) is 2.97. The SMILES string of the molecule is CCn1ccnc1NCCn1cc(C(=O)O)nn1. The van der Waals surface area contributed by atoms with Crippen molar-refractivity contribution in [2.24, 2.45) is 0 Å². The molecule has 2 heterocycles. The molecule has 0 amide bonds. The van der Waals surface area contributed by atoms with Gasteiger partial charge in [0.05, 0.1) is 12.7 Å². The number of carbonyl (C=O) groups is 1. The van der Waals surface area contributed by atoms with Crippen molar-refractivity contribution in [1.29, 1.82) is 0 Å². The highest BCUT2D eigenvalue weighted by Gasteiger charge is 2.07. The molecule has 96 valence electrons. The van der Waals surface area contributed by atoms with Crippen LogP contribution in [0.3, 0.4) is 0 Å². The van der Waals surface area contributed by atoms with Crippen LogP contribution < -0.4 is 5.32 Å². The number of carboxylic acid groups (broad SMARTS) is 1. The summed E-state index contributed by atoms with van der Waals surface area (Å²) in [4.78, 5) is 14.8. The third kappa shape index (κ3) is 2.65. The summed E-state index contributed by atoms with van der Waals surface area (Å²) in [6.45, 7) is 3.99. The number of rotatable bonds is 6. The number of nitrogens with zero attached hydrogens (tertiary/aromatic N) is 5. The molecule has 2 aromatic heterocycles. The number of imidazole rings is 1. The van der Waals surface area contributed by atoms with Gasteiger partial charge >= 0.3 is 5.97 Å². The monoisotopic (exact) mass is 250 g/mol. The van der Waals surface area contributed by atoms with Crippen LogP contribution in [0.15, 0.2) is 18.6 Å². The largest absolute Gasteiger partial charge is 0.476 e. The van der Waals surface area contributed by atoms with E-state index in [1.165, 1.54) is 10.9 Å². The maximum atomic E-state index is 10.6. The topological polar surface area (TPSA) is 97.9 Å². The van der Waals surface area contributed by atoms with Crippen molar-refractivity contribution in [2.75, 3.05) is 11.9 Å². The second-order valence-corrected chi connectivity index (χ2v) is 3.64. The van der Waals surface area contributed by atoms with Gasteiger partial charge in [-0.25, -0.2) is 14.5 Å². The van der Waals surface area contributed by atoms with Crippen LogP contribution in [-0.2, 0) is 13.1 Å². The summed E-state index contributed by atoms with van der Waals surface area (Å²) in [7, 11) is 0. The van der Waals surface area contributed by atoms with Gasteiger partial charge < -0.3 is 15.0 Å². The lowest BCUT2D eigenvalue weighted by atomic mass is 10.5. The summed E-state index contributed by atoms with van der Waals surface area (Å²) in [6.07, 6.45) is 5.01. The highest BCUT2D eigenvalue weighted by Crippen LogP contribution is 2.03. The molecular formula is C10H14N6O2. The van der Waals surface area contributed by atoms with E-state index in [1.807, 2.05) is 17.7 Å². The van der Waals surface area contributed by atoms with Crippen LogP contribution in [0.25, 0.3) is 0 Å². The maximum absolute atomic E-state index is 10.6. The molecule has 0 fully saturated rings. The zero-order valence-electron chi connectivity index (χ0n) is 9.94. The minimum atomic E-state index is -1.07. The van der Waals surface area contributed by atoms with Gasteiger partial charge in [0.15, 0.2) is 5.69 Å². The number of carboxylic acids is 1. The van der Waals surface area contributed by atoms with Gasteiger partial charge in [-0.05, 0) is 6.92 Å². The lowest BCUT2D eigenvalue weighted by Gasteiger charge is -2.07. The number of anilines is 1. The highest BCUT2D eigenvalue weighted by molar-refractivity contribution is 5.84.